The number of thiophene rings is 1. The molecule has 1 amide bonds. The summed E-state index contributed by atoms with van der Waals surface area (Å²) in [5.41, 5.74) is 2.68. The highest BCUT2D eigenvalue weighted by molar-refractivity contribution is 7.19. The van der Waals surface area contributed by atoms with Crippen LogP contribution >= 0.6 is 11.3 Å². The SMILES string of the molecule is CCOC(=O)N1CCN(c2nc(Cc3ccccc3)nc3sc4c(c23)CCCC4)CC1. The first-order chi connectivity index (χ1) is 15.2. The average Bonchev–Trinajstić information content (AvgIpc) is 3.18. The van der Waals surface area contributed by atoms with Gasteiger partial charge >= 0.3 is 6.09 Å². The van der Waals surface area contributed by atoms with Gasteiger partial charge in [-0.3, -0.25) is 0 Å². The molecule has 2 aromatic heterocycles. The third-order valence-electron chi connectivity index (χ3n) is 6.15. The lowest BCUT2D eigenvalue weighted by atomic mass is 9.96. The number of anilines is 1. The minimum atomic E-state index is -0.215. The predicted molar refractivity (Wildman–Crippen MR) is 124 cm³/mol. The Morgan fingerprint density at radius 2 is 1.84 bits per heavy atom. The van der Waals surface area contributed by atoms with E-state index in [4.69, 9.17) is 14.7 Å². The van der Waals surface area contributed by atoms with Crippen LogP contribution in [0.1, 0.15) is 41.6 Å². The molecule has 1 saturated heterocycles. The second-order valence-corrected chi connectivity index (χ2v) is 9.27. The van der Waals surface area contributed by atoms with E-state index in [1.165, 1.54) is 34.2 Å². The number of aryl methyl sites for hydroxylation is 2. The number of amides is 1. The van der Waals surface area contributed by atoms with Crippen LogP contribution in [0.3, 0.4) is 0 Å². The summed E-state index contributed by atoms with van der Waals surface area (Å²) in [6.07, 6.45) is 5.29. The largest absolute Gasteiger partial charge is 0.450 e. The highest BCUT2D eigenvalue weighted by Gasteiger charge is 2.27. The number of hydrogen-bond acceptors (Lipinski definition) is 6. The van der Waals surface area contributed by atoms with E-state index in [-0.39, 0.29) is 6.09 Å². The zero-order valence-electron chi connectivity index (χ0n) is 18.0. The number of fused-ring (bicyclic) bond motifs is 3. The van der Waals surface area contributed by atoms with Crippen LogP contribution in [0.25, 0.3) is 10.2 Å². The highest BCUT2D eigenvalue weighted by atomic mass is 32.1. The van der Waals surface area contributed by atoms with Gasteiger partial charge in [0.15, 0.2) is 0 Å². The van der Waals surface area contributed by atoms with Crippen molar-refractivity contribution in [2.24, 2.45) is 0 Å². The van der Waals surface area contributed by atoms with Crippen LogP contribution in [0.15, 0.2) is 30.3 Å². The van der Waals surface area contributed by atoms with Gasteiger partial charge < -0.3 is 14.5 Å². The van der Waals surface area contributed by atoms with E-state index < -0.39 is 0 Å². The molecular formula is C24H28N4O2S. The lowest BCUT2D eigenvalue weighted by Gasteiger charge is -2.35. The molecule has 162 valence electrons. The van der Waals surface area contributed by atoms with E-state index in [2.05, 4.69) is 29.2 Å². The van der Waals surface area contributed by atoms with Gasteiger partial charge in [0.1, 0.15) is 16.5 Å². The van der Waals surface area contributed by atoms with Crippen molar-refractivity contribution in [2.75, 3.05) is 37.7 Å². The lowest BCUT2D eigenvalue weighted by Crippen LogP contribution is -2.49. The van der Waals surface area contributed by atoms with Crippen molar-refractivity contribution in [2.45, 2.75) is 39.0 Å². The summed E-state index contributed by atoms with van der Waals surface area (Å²) in [5.74, 6) is 1.93. The summed E-state index contributed by atoms with van der Waals surface area (Å²) < 4.78 is 5.18. The van der Waals surface area contributed by atoms with Gasteiger partial charge in [-0.05, 0) is 43.7 Å². The van der Waals surface area contributed by atoms with Gasteiger partial charge in [0, 0.05) is 37.5 Å². The Balaban J connectivity index is 1.49. The molecule has 1 aliphatic heterocycles. The van der Waals surface area contributed by atoms with Crippen LogP contribution in [0.4, 0.5) is 10.6 Å². The molecule has 3 aromatic rings. The quantitative estimate of drug-likeness (QED) is 0.605. The maximum atomic E-state index is 12.1. The minimum absolute atomic E-state index is 0.215. The van der Waals surface area contributed by atoms with Gasteiger partial charge in [0.2, 0.25) is 0 Å². The number of aromatic nitrogens is 2. The Bertz CT molecular complexity index is 1070. The Hall–Kier alpha value is -2.67. The average molecular weight is 437 g/mol. The van der Waals surface area contributed by atoms with Crippen LogP contribution in [-0.2, 0) is 24.0 Å². The third-order valence-corrected chi connectivity index (χ3v) is 7.34. The lowest BCUT2D eigenvalue weighted by molar-refractivity contribution is 0.105. The van der Waals surface area contributed by atoms with Gasteiger partial charge in [-0.2, -0.15) is 0 Å². The normalized spacial score (nSPS) is 16.4. The summed E-state index contributed by atoms with van der Waals surface area (Å²) in [6, 6.07) is 10.4. The Labute approximate surface area is 186 Å². The van der Waals surface area contributed by atoms with Gasteiger partial charge in [-0.15, -0.1) is 11.3 Å². The molecule has 0 bridgehead atoms. The summed E-state index contributed by atoms with van der Waals surface area (Å²) in [5, 5.41) is 1.25. The highest BCUT2D eigenvalue weighted by Crippen LogP contribution is 2.40. The zero-order chi connectivity index (χ0) is 21.2. The molecule has 0 radical (unpaired) electrons. The molecule has 31 heavy (non-hydrogen) atoms. The second kappa shape index (κ2) is 8.83. The molecule has 7 heteroatoms. The van der Waals surface area contributed by atoms with Crippen molar-refractivity contribution in [3.63, 3.8) is 0 Å². The summed E-state index contributed by atoms with van der Waals surface area (Å²) in [4.78, 5) is 29.0. The van der Waals surface area contributed by atoms with E-state index in [0.717, 1.165) is 48.8 Å². The molecule has 0 unspecified atom stereocenters. The fraction of sp³-hybridized carbons (Fsp3) is 0.458. The van der Waals surface area contributed by atoms with Crippen LogP contribution < -0.4 is 4.90 Å². The van der Waals surface area contributed by atoms with Crippen LogP contribution in [0, 0.1) is 0 Å². The first kappa shape index (κ1) is 20.2. The van der Waals surface area contributed by atoms with Gasteiger partial charge in [0.25, 0.3) is 0 Å². The first-order valence-corrected chi connectivity index (χ1v) is 12.1. The molecule has 3 heterocycles. The predicted octanol–water partition coefficient (Wildman–Crippen LogP) is 4.44. The van der Waals surface area contributed by atoms with Crippen LogP contribution in [0.2, 0.25) is 0 Å². The van der Waals surface area contributed by atoms with E-state index in [1.54, 1.807) is 4.90 Å². The molecule has 0 saturated carbocycles. The van der Waals surface area contributed by atoms with E-state index in [9.17, 15) is 4.79 Å². The number of benzene rings is 1. The number of rotatable bonds is 4. The van der Waals surface area contributed by atoms with Crippen LogP contribution in [-0.4, -0.2) is 53.7 Å². The third kappa shape index (κ3) is 4.11. The Kier molecular flexibility index (Phi) is 5.76. The summed E-state index contributed by atoms with van der Waals surface area (Å²) in [7, 11) is 0. The maximum Gasteiger partial charge on any atom is 0.409 e. The van der Waals surface area contributed by atoms with Crippen molar-refractivity contribution < 1.29 is 9.53 Å². The smallest absolute Gasteiger partial charge is 0.409 e. The monoisotopic (exact) mass is 436 g/mol. The van der Waals surface area contributed by atoms with Gasteiger partial charge in [0.05, 0.1) is 12.0 Å². The molecule has 2 aliphatic rings. The molecule has 0 N–H and O–H groups in total. The number of carbonyl (C=O) groups excluding carboxylic acids is 1. The number of piperazine rings is 1. The zero-order valence-corrected chi connectivity index (χ0v) is 18.8. The van der Waals surface area contributed by atoms with Crippen LogP contribution in [0.5, 0.6) is 0 Å². The van der Waals surface area contributed by atoms with E-state index in [1.807, 2.05) is 24.3 Å². The standard InChI is InChI=1S/C24H28N4O2S/c1-2-30-24(29)28-14-12-27(13-15-28)22-21-18-10-6-7-11-19(18)31-23(21)26-20(25-22)16-17-8-4-3-5-9-17/h3-5,8-9H,2,6-7,10-16H2,1H3. The second-order valence-electron chi connectivity index (χ2n) is 8.19. The molecular weight excluding hydrogens is 408 g/mol. The Morgan fingerprint density at radius 3 is 2.61 bits per heavy atom. The van der Waals surface area contributed by atoms with Gasteiger partial charge in [-0.25, -0.2) is 14.8 Å². The molecule has 6 nitrogen and oxygen atoms in total. The molecule has 5 rings (SSSR count). The number of ether oxygens (including phenoxy) is 1. The maximum absolute atomic E-state index is 12.1. The number of nitrogens with zero attached hydrogens (tertiary/aromatic N) is 4. The first-order valence-electron chi connectivity index (χ1n) is 11.2. The van der Waals surface area contributed by atoms with E-state index in [0.29, 0.717) is 19.7 Å². The fourth-order valence-corrected chi connectivity index (χ4v) is 5.86. The van der Waals surface area contributed by atoms with Crippen molar-refractivity contribution in [1.82, 2.24) is 14.9 Å². The van der Waals surface area contributed by atoms with Crippen molar-refractivity contribution >= 4 is 33.5 Å². The topological polar surface area (TPSA) is 58.6 Å². The van der Waals surface area contributed by atoms with Gasteiger partial charge in [-0.1, -0.05) is 30.3 Å². The summed E-state index contributed by atoms with van der Waals surface area (Å²) in [6.45, 7) is 5.10. The fourth-order valence-electron chi connectivity index (χ4n) is 4.58. The van der Waals surface area contributed by atoms with Crippen molar-refractivity contribution in [3.8, 4) is 0 Å². The Morgan fingerprint density at radius 1 is 1.06 bits per heavy atom. The number of carbonyl (C=O) groups is 1. The molecule has 0 spiro atoms. The van der Waals surface area contributed by atoms with Crippen molar-refractivity contribution in [1.29, 1.82) is 0 Å². The minimum Gasteiger partial charge on any atom is -0.450 e. The van der Waals surface area contributed by atoms with Crippen molar-refractivity contribution in [3.05, 3.63) is 52.2 Å². The number of hydrogen-bond donors (Lipinski definition) is 0. The molecule has 1 fully saturated rings. The van der Waals surface area contributed by atoms with E-state index >= 15 is 0 Å². The molecule has 1 aromatic carbocycles. The molecule has 0 atom stereocenters. The summed E-state index contributed by atoms with van der Waals surface area (Å²) >= 11 is 1.85. The molecule has 1 aliphatic carbocycles.